The molecule has 0 saturated carbocycles. The number of nitrogens with two attached hydrogens (primary N) is 1. The van der Waals surface area contributed by atoms with E-state index in [-0.39, 0.29) is 28.0 Å². The summed E-state index contributed by atoms with van der Waals surface area (Å²) in [7, 11) is -3.26. The van der Waals surface area contributed by atoms with Crippen molar-refractivity contribution in [3.8, 4) is 11.5 Å². The summed E-state index contributed by atoms with van der Waals surface area (Å²) in [5.41, 5.74) is 5.93. The van der Waals surface area contributed by atoms with Crippen molar-refractivity contribution in [1.29, 1.82) is 0 Å². The largest absolute Gasteiger partial charge is 0.505 e. The lowest BCUT2D eigenvalue weighted by atomic mass is 10.1. The summed E-state index contributed by atoms with van der Waals surface area (Å²) < 4.78 is 38.9. The first kappa shape index (κ1) is 23.1. The van der Waals surface area contributed by atoms with Crippen LogP contribution in [0.15, 0.2) is 63.7 Å². The third-order valence-electron chi connectivity index (χ3n) is 4.55. The summed E-state index contributed by atoms with van der Waals surface area (Å²) in [6.45, 7) is 0. The molecule has 14 heteroatoms. The topological polar surface area (TPSA) is 185 Å². The zero-order chi connectivity index (χ0) is 24.5. The number of aromatic hydroxyl groups is 1. The Morgan fingerprint density at radius 3 is 2.44 bits per heavy atom. The van der Waals surface area contributed by atoms with Gasteiger partial charge in [0.2, 0.25) is 17.2 Å². The lowest BCUT2D eigenvalue weighted by molar-refractivity contribution is 0.415. The van der Waals surface area contributed by atoms with Gasteiger partial charge in [0, 0.05) is 11.1 Å². The van der Waals surface area contributed by atoms with Crippen molar-refractivity contribution in [3.63, 3.8) is 0 Å². The number of benzene rings is 3. The highest BCUT2D eigenvalue weighted by Crippen LogP contribution is 2.42. The lowest BCUT2D eigenvalue weighted by Crippen LogP contribution is -2.03. The Morgan fingerprint density at radius 1 is 1.06 bits per heavy atom. The van der Waals surface area contributed by atoms with Gasteiger partial charge in [-0.25, -0.2) is 0 Å². The fraction of sp³-hybridized carbons (Fsp3) is 0.0500. The fourth-order valence-electron chi connectivity index (χ4n) is 3.03. The molecule has 0 fully saturated rings. The summed E-state index contributed by atoms with van der Waals surface area (Å²) >= 11 is 5.77. The summed E-state index contributed by atoms with van der Waals surface area (Å²) in [5.74, 6) is 0.0708. The van der Waals surface area contributed by atoms with Crippen LogP contribution in [0.1, 0.15) is 0 Å². The van der Waals surface area contributed by atoms with Crippen LogP contribution in [0.5, 0.6) is 11.5 Å². The third-order valence-corrected chi connectivity index (χ3v) is 5.58. The van der Waals surface area contributed by atoms with Gasteiger partial charge in [0.1, 0.15) is 16.3 Å². The van der Waals surface area contributed by atoms with Crippen molar-refractivity contribution in [3.05, 3.63) is 53.8 Å². The van der Waals surface area contributed by atoms with Gasteiger partial charge in [0.05, 0.1) is 12.8 Å². The molecule has 1 heterocycles. The van der Waals surface area contributed by atoms with E-state index in [1.54, 1.807) is 30.3 Å². The number of anilines is 3. The molecule has 0 amide bonds. The van der Waals surface area contributed by atoms with Crippen molar-refractivity contribution in [1.82, 2.24) is 15.0 Å². The normalized spacial score (nSPS) is 11.7. The quantitative estimate of drug-likeness (QED) is 0.218. The highest BCUT2D eigenvalue weighted by molar-refractivity contribution is 7.86. The second kappa shape index (κ2) is 9.05. The summed E-state index contributed by atoms with van der Waals surface area (Å²) in [4.78, 5) is 10.8. The second-order valence-electron chi connectivity index (χ2n) is 6.79. The molecule has 0 unspecified atom stereocenters. The Bertz CT molecular complexity index is 1510. The minimum Gasteiger partial charge on any atom is -0.505 e. The maximum absolute atomic E-state index is 12.1. The molecule has 0 spiro atoms. The molecular formula is C20H16ClN7O5S. The average Bonchev–Trinajstić information content (AvgIpc) is 2.77. The van der Waals surface area contributed by atoms with E-state index in [0.717, 1.165) is 6.07 Å². The SMILES string of the molecule is COc1ccc(N=Nc2c(S(=O)(=O)O)cc3cc(Nc4nc(N)nc(Cl)n4)ccc3c2O)cc1. The van der Waals surface area contributed by atoms with E-state index in [9.17, 15) is 18.1 Å². The molecule has 0 aliphatic heterocycles. The van der Waals surface area contributed by atoms with E-state index in [2.05, 4.69) is 30.5 Å². The van der Waals surface area contributed by atoms with Gasteiger partial charge in [0.25, 0.3) is 10.1 Å². The summed E-state index contributed by atoms with van der Waals surface area (Å²) in [5, 5.41) is 21.9. The van der Waals surface area contributed by atoms with Crippen LogP contribution in [0.25, 0.3) is 10.8 Å². The second-order valence-corrected chi connectivity index (χ2v) is 8.52. The van der Waals surface area contributed by atoms with Crippen LogP contribution in [0.2, 0.25) is 5.28 Å². The number of nitrogen functional groups attached to an aromatic ring is 1. The van der Waals surface area contributed by atoms with Gasteiger partial charge >= 0.3 is 0 Å². The highest BCUT2D eigenvalue weighted by Gasteiger charge is 2.22. The number of nitrogens with one attached hydrogen (secondary N) is 1. The molecular weight excluding hydrogens is 486 g/mol. The van der Waals surface area contributed by atoms with Crippen LogP contribution in [0.3, 0.4) is 0 Å². The van der Waals surface area contributed by atoms with Crippen LogP contribution < -0.4 is 15.8 Å². The van der Waals surface area contributed by atoms with Crippen LogP contribution in [-0.4, -0.2) is 40.1 Å². The Hall–Kier alpha value is -4.07. The number of azo groups is 1. The van der Waals surface area contributed by atoms with Gasteiger partial charge in [-0.05, 0) is 65.5 Å². The number of methoxy groups -OCH3 is 1. The molecule has 0 aliphatic carbocycles. The predicted molar refractivity (Wildman–Crippen MR) is 125 cm³/mol. The number of rotatable bonds is 6. The van der Waals surface area contributed by atoms with Crippen LogP contribution >= 0.6 is 11.6 Å². The molecule has 0 bridgehead atoms. The lowest BCUT2D eigenvalue weighted by Gasteiger charge is -2.11. The monoisotopic (exact) mass is 501 g/mol. The van der Waals surface area contributed by atoms with Crippen LogP contribution in [-0.2, 0) is 10.1 Å². The molecule has 3 aromatic carbocycles. The molecule has 0 atom stereocenters. The van der Waals surface area contributed by atoms with E-state index in [4.69, 9.17) is 22.1 Å². The first-order valence-corrected chi connectivity index (χ1v) is 11.2. The molecule has 12 nitrogen and oxygen atoms in total. The number of phenols is 1. The van der Waals surface area contributed by atoms with Crippen molar-refractivity contribution >= 4 is 61.5 Å². The molecule has 0 aliphatic rings. The Kier molecular flexibility index (Phi) is 6.15. The fourth-order valence-corrected chi connectivity index (χ4v) is 3.85. The number of phenolic OH excluding ortho intramolecular Hbond substituents is 1. The van der Waals surface area contributed by atoms with Crippen molar-refractivity contribution in [2.45, 2.75) is 4.90 Å². The van der Waals surface area contributed by atoms with Gasteiger partial charge < -0.3 is 20.9 Å². The number of ether oxygens (including phenoxy) is 1. The molecule has 5 N–H and O–H groups in total. The minimum absolute atomic E-state index is 0.0565. The first-order chi connectivity index (χ1) is 16.1. The number of aromatic nitrogens is 3. The van der Waals surface area contributed by atoms with Gasteiger partial charge in [-0.15, -0.1) is 5.11 Å². The molecule has 34 heavy (non-hydrogen) atoms. The third kappa shape index (κ3) is 4.96. The van der Waals surface area contributed by atoms with E-state index < -0.39 is 26.5 Å². The maximum atomic E-state index is 12.1. The maximum Gasteiger partial charge on any atom is 0.296 e. The van der Waals surface area contributed by atoms with E-state index in [0.29, 0.717) is 17.1 Å². The molecule has 4 rings (SSSR count). The zero-order valence-corrected chi connectivity index (χ0v) is 18.9. The molecule has 0 radical (unpaired) electrons. The van der Waals surface area contributed by atoms with Crippen molar-refractivity contribution in [2.24, 2.45) is 10.2 Å². The van der Waals surface area contributed by atoms with Crippen LogP contribution in [0.4, 0.5) is 29.0 Å². The Labute approximate surface area is 197 Å². The smallest absolute Gasteiger partial charge is 0.296 e. The van der Waals surface area contributed by atoms with Crippen LogP contribution in [0, 0.1) is 0 Å². The Balaban J connectivity index is 1.78. The van der Waals surface area contributed by atoms with Gasteiger partial charge in [-0.1, -0.05) is 0 Å². The number of halogens is 1. The van der Waals surface area contributed by atoms with Gasteiger partial charge in [-0.3, -0.25) is 4.55 Å². The van der Waals surface area contributed by atoms with E-state index in [1.165, 1.54) is 19.2 Å². The Morgan fingerprint density at radius 2 is 1.79 bits per heavy atom. The summed E-state index contributed by atoms with van der Waals surface area (Å²) in [6.07, 6.45) is 0. The number of fused-ring (bicyclic) bond motifs is 1. The first-order valence-electron chi connectivity index (χ1n) is 9.41. The number of nitrogens with zero attached hydrogens (tertiary/aromatic N) is 5. The van der Waals surface area contributed by atoms with E-state index in [1.807, 2.05) is 0 Å². The zero-order valence-electron chi connectivity index (χ0n) is 17.3. The minimum atomic E-state index is -4.77. The molecule has 0 saturated heterocycles. The van der Waals surface area contributed by atoms with Gasteiger partial charge in [-0.2, -0.15) is 28.5 Å². The van der Waals surface area contributed by atoms with E-state index >= 15 is 0 Å². The predicted octanol–water partition coefficient (Wildman–Crippen LogP) is 4.38. The standard InChI is InChI=1S/C20H16ClN7O5S/c1-33-13-5-2-11(3-6-13)27-28-16-15(34(30,31)32)9-10-8-12(4-7-14(10)17(16)29)23-20-25-18(21)24-19(22)26-20/h2-9,29H,1H3,(H,30,31,32)(H3,22,23,24,25,26). The van der Waals surface area contributed by atoms with Gasteiger partial charge in [0.15, 0.2) is 5.75 Å². The van der Waals surface area contributed by atoms with Crippen molar-refractivity contribution < 1.29 is 22.8 Å². The molecule has 1 aromatic heterocycles. The molecule has 174 valence electrons. The number of hydrogen-bond acceptors (Lipinski definition) is 11. The highest BCUT2D eigenvalue weighted by atomic mass is 35.5. The number of hydrogen-bond donors (Lipinski definition) is 4. The summed E-state index contributed by atoms with van der Waals surface area (Å²) in [6, 6.07) is 12.2. The molecule has 4 aromatic rings. The average molecular weight is 502 g/mol. The van der Waals surface area contributed by atoms with Crippen molar-refractivity contribution in [2.75, 3.05) is 18.2 Å².